The van der Waals surface area contributed by atoms with Gasteiger partial charge in [-0.2, -0.15) is 0 Å². The third kappa shape index (κ3) is 1.41. The van der Waals surface area contributed by atoms with Crippen LogP contribution in [-0.2, 0) is 0 Å². The Morgan fingerprint density at radius 2 is 2.50 bits per heavy atom. The number of primary amides is 1. The number of halogens is 1. The number of nitrogens with two attached hydrogens (primary N) is 1. The molecule has 1 rings (SSSR count). The van der Waals surface area contributed by atoms with Crippen molar-refractivity contribution in [2.24, 2.45) is 5.73 Å². The molecule has 1 aromatic heterocycles. The monoisotopic (exact) mass is 160 g/mol. The highest BCUT2D eigenvalue weighted by Gasteiger charge is 2.01. The number of rotatable bonds is 1. The minimum absolute atomic E-state index is 0.217. The van der Waals surface area contributed by atoms with E-state index in [1.807, 2.05) is 0 Å². The molecule has 54 valence electrons. The summed E-state index contributed by atoms with van der Waals surface area (Å²) in [6, 6.07) is 3.16. The predicted octanol–water partition coefficient (Wildman–Crippen LogP) is 0.948. The van der Waals surface area contributed by atoms with Gasteiger partial charge < -0.3 is 10.5 Å². The third-order valence-corrected chi connectivity index (χ3v) is 1.15. The molecule has 0 aliphatic carbocycles. The quantitative estimate of drug-likeness (QED) is 0.665. The largest absolute Gasteiger partial charge is 0.411 e. The molecule has 4 nitrogen and oxygen atoms in total. The molecule has 0 fully saturated rings. The van der Waals surface area contributed by atoms with Crippen LogP contribution >= 0.6 is 11.8 Å². The van der Waals surface area contributed by atoms with Crippen molar-refractivity contribution in [3.05, 3.63) is 18.3 Å². The molecule has 0 bridgehead atoms. The average Bonchev–Trinajstić information content (AvgIpc) is 2.15. The van der Waals surface area contributed by atoms with Gasteiger partial charge in [0.05, 0.1) is 0 Å². The van der Waals surface area contributed by atoms with E-state index < -0.39 is 6.09 Å². The number of nitrogens with zero attached hydrogens (tertiary/aromatic N) is 1. The minimum Gasteiger partial charge on any atom is -0.392 e. The van der Waals surface area contributed by atoms with Crippen LogP contribution in [0.1, 0.15) is 0 Å². The summed E-state index contributed by atoms with van der Waals surface area (Å²) in [7, 11) is 0. The summed E-state index contributed by atoms with van der Waals surface area (Å²) in [5.74, 6) is 0.217. The van der Waals surface area contributed by atoms with E-state index in [0.29, 0.717) is 0 Å². The molecule has 5 heteroatoms. The van der Waals surface area contributed by atoms with Gasteiger partial charge in [-0.3, -0.25) is 0 Å². The van der Waals surface area contributed by atoms with Crippen LogP contribution in [0.5, 0.6) is 5.88 Å². The number of carbonyl (C=O) groups excluding carboxylic acids is 1. The first-order valence-corrected chi connectivity index (χ1v) is 2.85. The second-order valence-electron chi connectivity index (χ2n) is 1.58. The first-order valence-electron chi connectivity index (χ1n) is 2.51. The fourth-order valence-corrected chi connectivity index (χ4v) is 0.682. The van der Waals surface area contributed by atoms with E-state index in [1.165, 1.54) is 12.3 Å². The van der Waals surface area contributed by atoms with Crippen molar-refractivity contribution < 1.29 is 9.53 Å². The van der Waals surface area contributed by atoms with Gasteiger partial charge in [0.1, 0.15) is 0 Å². The van der Waals surface area contributed by atoms with Crippen molar-refractivity contribution in [3.8, 4) is 5.88 Å². The molecular weight excluding hydrogens is 156 g/mol. The Kier molecular flexibility index (Phi) is 1.82. The number of hydrogen-bond acceptors (Lipinski definition) is 2. The average molecular weight is 161 g/mol. The standard InChI is InChI=1S/C5H5ClN2O2/c6-8-3-1-2-4(8)10-5(7)9/h1-3H,(H2,7,9). The van der Waals surface area contributed by atoms with E-state index in [2.05, 4.69) is 4.74 Å². The lowest BCUT2D eigenvalue weighted by Gasteiger charge is -1.97. The Morgan fingerprint density at radius 3 is 2.90 bits per heavy atom. The lowest BCUT2D eigenvalue weighted by Crippen LogP contribution is -2.16. The summed E-state index contributed by atoms with van der Waals surface area (Å²) in [4.78, 5) is 10.1. The molecule has 0 aliphatic heterocycles. The molecule has 1 aromatic rings. The Labute approximate surface area is 62.2 Å². The highest BCUT2D eigenvalue weighted by Crippen LogP contribution is 2.12. The minimum atomic E-state index is -0.874. The van der Waals surface area contributed by atoms with Gasteiger partial charge in [0.15, 0.2) is 0 Å². The van der Waals surface area contributed by atoms with E-state index in [9.17, 15) is 4.79 Å². The highest BCUT2D eigenvalue weighted by atomic mass is 35.5. The van der Waals surface area contributed by atoms with Crippen LogP contribution < -0.4 is 10.5 Å². The zero-order chi connectivity index (χ0) is 7.56. The molecule has 10 heavy (non-hydrogen) atoms. The molecule has 0 unspecified atom stereocenters. The molecule has 0 aliphatic rings. The number of carbonyl (C=O) groups is 1. The maximum absolute atomic E-state index is 10.1. The van der Waals surface area contributed by atoms with E-state index in [1.54, 1.807) is 6.07 Å². The Morgan fingerprint density at radius 1 is 1.80 bits per heavy atom. The van der Waals surface area contributed by atoms with Crippen molar-refractivity contribution in [2.75, 3.05) is 0 Å². The van der Waals surface area contributed by atoms with Gasteiger partial charge in [0, 0.05) is 24.0 Å². The molecule has 1 amide bonds. The van der Waals surface area contributed by atoms with Gasteiger partial charge >= 0.3 is 6.09 Å². The molecule has 0 saturated heterocycles. The number of ether oxygens (including phenoxy) is 1. The van der Waals surface area contributed by atoms with Gasteiger partial charge in [-0.15, -0.1) is 0 Å². The normalized spacial score (nSPS) is 9.30. The van der Waals surface area contributed by atoms with Crippen LogP contribution in [-0.4, -0.2) is 10.2 Å². The smallest absolute Gasteiger partial charge is 0.392 e. The van der Waals surface area contributed by atoms with Gasteiger partial charge in [-0.1, -0.05) is 0 Å². The van der Waals surface area contributed by atoms with Crippen molar-refractivity contribution >= 4 is 17.9 Å². The van der Waals surface area contributed by atoms with Gasteiger partial charge in [0.25, 0.3) is 0 Å². The van der Waals surface area contributed by atoms with Crippen LogP contribution in [0.15, 0.2) is 18.3 Å². The van der Waals surface area contributed by atoms with Crippen molar-refractivity contribution in [3.63, 3.8) is 0 Å². The first kappa shape index (κ1) is 6.95. The van der Waals surface area contributed by atoms with Gasteiger partial charge in [0.2, 0.25) is 5.88 Å². The van der Waals surface area contributed by atoms with Crippen LogP contribution in [0.2, 0.25) is 0 Å². The molecule has 0 radical (unpaired) electrons. The number of amides is 1. The van der Waals surface area contributed by atoms with E-state index in [-0.39, 0.29) is 5.88 Å². The maximum atomic E-state index is 10.1. The summed E-state index contributed by atoms with van der Waals surface area (Å²) in [5, 5.41) is 0. The molecular formula is C5H5ClN2O2. The fraction of sp³-hybridized carbons (Fsp3) is 0. The van der Waals surface area contributed by atoms with Crippen LogP contribution in [0.3, 0.4) is 0 Å². The molecule has 0 aromatic carbocycles. The highest BCUT2D eigenvalue weighted by molar-refractivity contribution is 6.16. The fourth-order valence-electron chi connectivity index (χ4n) is 0.526. The second kappa shape index (κ2) is 2.62. The third-order valence-electron chi connectivity index (χ3n) is 0.871. The number of hydrogen-bond donors (Lipinski definition) is 1. The van der Waals surface area contributed by atoms with Crippen molar-refractivity contribution in [2.45, 2.75) is 0 Å². The van der Waals surface area contributed by atoms with E-state index in [4.69, 9.17) is 17.5 Å². The van der Waals surface area contributed by atoms with E-state index in [0.717, 1.165) is 4.09 Å². The maximum Gasteiger partial charge on any atom is 0.411 e. The summed E-state index contributed by atoms with van der Waals surface area (Å²) in [6.07, 6.45) is 0.653. The lowest BCUT2D eigenvalue weighted by molar-refractivity contribution is 0.208. The summed E-state index contributed by atoms with van der Waals surface area (Å²) < 4.78 is 5.58. The predicted molar refractivity (Wildman–Crippen MR) is 35.9 cm³/mol. The van der Waals surface area contributed by atoms with Crippen LogP contribution in [0.25, 0.3) is 0 Å². The summed E-state index contributed by atoms with van der Waals surface area (Å²) in [6.45, 7) is 0. The zero-order valence-electron chi connectivity index (χ0n) is 4.95. The number of aromatic nitrogens is 1. The van der Waals surface area contributed by atoms with Gasteiger partial charge in [-0.05, 0) is 6.07 Å². The molecule has 0 spiro atoms. The summed E-state index contributed by atoms with van der Waals surface area (Å²) in [5.41, 5.74) is 4.72. The van der Waals surface area contributed by atoms with Gasteiger partial charge in [-0.25, -0.2) is 8.88 Å². The lowest BCUT2D eigenvalue weighted by atomic mass is 10.6. The van der Waals surface area contributed by atoms with Crippen molar-refractivity contribution in [1.29, 1.82) is 0 Å². The SMILES string of the molecule is NC(=O)Oc1cccn1Cl. The Hall–Kier alpha value is -1.16. The summed E-state index contributed by atoms with van der Waals surface area (Å²) >= 11 is 5.47. The zero-order valence-corrected chi connectivity index (χ0v) is 5.71. The topological polar surface area (TPSA) is 57.3 Å². The van der Waals surface area contributed by atoms with E-state index >= 15 is 0 Å². The molecule has 0 saturated carbocycles. The van der Waals surface area contributed by atoms with Crippen molar-refractivity contribution in [1.82, 2.24) is 4.09 Å². The Balaban J connectivity index is 2.74. The molecule has 2 N–H and O–H groups in total. The Bertz CT molecular complexity index is 246. The van der Waals surface area contributed by atoms with Crippen LogP contribution in [0, 0.1) is 0 Å². The van der Waals surface area contributed by atoms with Crippen LogP contribution in [0.4, 0.5) is 4.79 Å². The molecule has 1 heterocycles. The first-order chi connectivity index (χ1) is 4.70. The second-order valence-corrected chi connectivity index (χ2v) is 1.94. The molecule has 0 atom stereocenters.